The largest absolute Gasteiger partial charge is 0.491 e. The highest BCUT2D eigenvalue weighted by molar-refractivity contribution is 7.13. The molecule has 0 aliphatic rings. The van der Waals surface area contributed by atoms with Crippen LogP contribution in [0.3, 0.4) is 0 Å². The van der Waals surface area contributed by atoms with Crippen LogP contribution >= 0.6 is 11.3 Å². The van der Waals surface area contributed by atoms with E-state index in [1.54, 1.807) is 27.7 Å². The van der Waals surface area contributed by atoms with Crippen LogP contribution < -0.4 is 4.74 Å². The van der Waals surface area contributed by atoms with Crippen LogP contribution in [0, 0.1) is 23.7 Å². The highest BCUT2D eigenvalue weighted by Crippen LogP contribution is 2.29. The number of hydrogen-bond donors (Lipinski definition) is 2. The van der Waals surface area contributed by atoms with Gasteiger partial charge < -0.3 is 14.9 Å². The Bertz CT molecular complexity index is 697. The van der Waals surface area contributed by atoms with Gasteiger partial charge in [0.2, 0.25) is 0 Å². The van der Waals surface area contributed by atoms with E-state index in [1.807, 2.05) is 6.07 Å². The van der Waals surface area contributed by atoms with E-state index in [1.165, 1.54) is 56.3 Å². The molecule has 0 amide bonds. The molecular weight excluding hydrogens is 368 g/mol. The van der Waals surface area contributed by atoms with Crippen LogP contribution in [0.1, 0.15) is 95.7 Å². The second-order valence-corrected chi connectivity index (χ2v) is 9.30. The maximum atomic E-state index is 9.87. The highest BCUT2D eigenvalue weighted by atomic mass is 32.1. The maximum absolute atomic E-state index is 9.87. The molecule has 1 rings (SSSR count). The lowest BCUT2D eigenvalue weighted by Gasteiger charge is -2.07. The Hall–Kier alpha value is -1.46. The molecule has 4 heteroatoms. The molecule has 0 saturated carbocycles. The first-order valence-electron chi connectivity index (χ1n) is 10.4. The number of hydrogen-bond acceptors (Lipinski definition) is 4. The van der Waals surface area contributed by atoms with E-state index in [-0.39, 0.29) is 0 Å². The van der Waals surface area contributed by atoms with Gasteiger partial charge in [0.25, 0.3) is 0 Å². The average molecular weight is 405 g/mol. The zero-order chi connectivity index (χ0) is 21.0. The first kappa shape index (κ1) is 24.6. The second kappa shape index (κ2) is 12.2. The Morgan fingerprint density at radius 1 is 0.857 bits per heavy atom. The molecule has 0 aromatic carbocycles. The fourth-order valence-electron chi connectivity index (χ4n) is 2.47. The Kier molecular flexibility index (Phi) is 10.7. The first-order valence-corrected chi connectivity index (χ1v) is 11.2. The molecule has 3 nitrogen and oxygen atoms in total. The third-order valence-corrected chi connectivity index (χ3v) is 4.87. The lowest BCUT2D eigenvalue weighted by atomic mass is 10.1. The topological polar surface area (TPSA) is 49.7 Å². The Balaban J connectivity index is 2.63. The van der Waals surface area contributed by atoms with Gasteiger partial charge in [0.1, 0.15) is 21.8 Å². The summed E-state index contributed by atoms with van der Waals surface area (Å²) >= 11 is 1.43. The van der Waals surface area contributed by atoms with Crippen molar-refractivity contribution in [2.75, 3.05) is 6.61 Å². The SMILES string of the molecule is CCCCCCCCCCOc1cc(C#CC(C)(C)O)sc1C#CC(C)(C)O. The van der Waals surface area contributed by atoms with E-state index in [0.29, 0.717) is 12.4 Å². The van der Waals surface area contributed by atoms with Gasteiger partial charge in [-0.25, -0.2) is 0 Å². The van der Waals surface area contributed by atoms with Gasteiger partial charge in [-0.3, -0.25) is 0 Å². The van der Waals surface area contributed by atoms with Gasteiger partial charge in [0, 0.05) is 6.07 Å². The van der Waals surface area contributed by atoms with Crippen molar-refractivity contribution in [1.82, 2.24) is 0 Å². The molecule has 1 aromatic heterocycles. The number of unbranched alkanes of at least 4 members (excludes halogenated alkanes) is 7. The Morgan fingerprint density at radius 3 is 1.96 bits per heavy atom. The summed E-state index contributed by atoms with van der Waals surface area (Å²) in [4.78, 5) is 1.56. The van der Waals surface area contributed by atoms with Crippen LogP contribution in [-0.2, 0) is 0 Å². The number of rotatable bonds is 10. The zero-order valence-corrected chi connectivity index (χ0v) is 19.0. The maximum Gasteiger partial charge on any atom is 0.147 e. The van der Waals surface area contributed by atoms with E-state index in [2.05, 4.69) is 30.6 Å². The quantitative estimate of drug-likeness (QED) is 0.399. The minimum absolute atomic E-state index is 0.654. The van der Waals surface area contributed by atoms with Crippen LogP contribution in [0.5, 0.6) is 5.75 Å². The van der Waals surface area contributed by atoms with Gasteiger partial charge in [-0.1, -0.05) is 69.6 Å². The van der Waals surface area contributed by atoms with Crippen LogP contribution in [0.15, 0.2) is 6.07 Å². The molecule has 1 heterocycles. The van der Waals surface area contributed by atoms with Gasteiger partial charge in [-0.2, -0.15) is 0 Å². The molecule has 0 aliphatic carbocycles. The summed E-state index contributed by atoms with van der Waals surface area (Å²) in [5, 5.41) is 19.7. The fourth-order valence-corrected chi connectivity index (χ4v) is 3.28. The zero-order valence-electron chi connectivity index (χ0n) is 18.2. The van der Waals surface area contributed by atoms with Crippen molar-refractivity contribution in [2.45, 2.75) is 97.2 Å². The molecule has 156 valence electrons. The summed E-state index contributed by atoms with van der Waals surface area (Å²) in [5.74, 6) is 12.4. The summed E-state index contributed by atoms with van der Waals surface area (Å²) in [6.07, 6.45) is 10.1. The van der Waals surface area contributed by atoms with Crippen molar-refractivity contribution in [3.63, 3.8) is 0 Å². The van der Waals surface area contributed by atoms with E-state index in [9.17, 15) is 10.2 Å². The van der Waals surface area contributed by atoms with Crippen LogP contribution in [0.2, 0.25) is 0 Å². The molecule has 1 aromatic rings. The third kappa shape index (κ3) is 12.1. The number of thiophene rings is 1. The highest BCUT2D eigenvalue weighted by Gasteiger charge is 2.12. The molecule has 2 N–H and O–H groups in total. The minimum atomic E-state index is -1.06. The molecule has 0 saturated heterocycles. The van der Waals surface area contributed by atoms with Gasteiger partial charge >= 0.3 is 0 Å². The van der Waals surface area contributed by atoms with E-state index in [4.69, 9.17) is 4.74 Å². The van der Waals surface area contributed by atoms with Gasteiger partial charge in [-0.05, 0) is 40.0 Å². The molecule has 0 bridgehead atoms. The van der Waals surface area contributed by atoms with Crippen molar-refractivity contribution in [3.05, 3.63) is 15.8 Å². The van der Waals surface area contributed by atoms with Crippen molar-refractivity contribution >= 4 is 11.3 Å². The lowest BCUT2D eigenvalue weighted by Crippen LogP contribution is -2.14. The smallest absolute Gasteiger partial charge is 0.147 e. The van der Waals surface area contributed by atoms with E-state index >= 15 is 0 Å². The summed E-state index contributed by atoms with van der Waals surface area (Å²) in [6, 6.07) is 1.88. The van der Waals surface area contributed by atoms with Crippen LogP contribution in [0.4, 0.5) is 0 Å². The Labute approximate surface area is 175 Å². The monoisotopic (exact) mass is 404 g/mol. The number of aliphatic hydroxyl groups is 2. The third-order valence-electron chi connectivity index (χ3n) is 3.93. The lowest BCUT2D eigenvalue weighted by molar-refractivity contribution is 0.143. The second-order valence-electron chi connectivity index (χ2n) is 8.25. The Morgan fingerprint density at radius 2 is 1.39 bits per heavy atom. The summed E-state index contributed by atoms with van der Waals surface area (Å²) in [5.41, 5.74) is -2.10. The van der Waals surface area contributed by atoms with Crippen molar-refractivity contribution in [1.29, 1.82) is 0 Å². The molecule has 0 aliphatic heterocycles. The molecular formula is C24H36O3S. The van der Waals surface area contributed by atoms with E-state index in [0.717, 1.165) is 16.2 Å². The van der Waals surface area contributed by atoms with Gasteiger partial charge in [0.05, 0.1) is 11.5 Å². The average Bonchev–Trinajstić information content (AvgIpc) is 2.98. The fraction of sp³-hybridized carbons (Fsp3) is 0.667. The summed E-state index contributed by atoms with van der Waals surface area (Å²) in [6.45, 7) is 9.52. The van der Waals surface area contributed by atoms with Crippen molar-refractivity contribution in [3.8, 4) is 29.4 Å². The van der Waals surface area contributed by atoms with E-state index < -0.39 is 11.2 Å². The molecule has 0 fully saturated rings. The molecule has 0 atom stereocenters. The van der Waals surface area contributed by atoms with Gasteiger partial charge in [-0.15, -0.1) is 11.3 Å². The van der Waals surface area contributed by atoms with Gasteiger partial charge in [0.15, 0.2) is 0 Å². The molecule has 28 heavy (non-hydrogen) atoms. The molecule has 0 unspecified atom stereocenters. The molecule has 0 radical (unpaired) electrons. The summed E-state index contributed by atoms with van der Waals surface area (Å²) in [7, 11) is 0. The number of ether oxygens (including phenoxy) is 1. The normalized spacial score (nSPS) is 11.4. The minimum Gasteiger partial charge on any atom is -0.491 e. The standard InChI is InChI=1S/C24H36O3S/c1-6-7-8-9-10-11-12-13-18-27-21-19-20(14-16-23(2,3)25)28-22(21)15-17-24(4,5)26/h19,25-26H,6-13,18H2,1-5H3. The van der Waals surface area contributed by atoms with Crippen molar-refractivity contribution in [2.24, 2.45) is 0 Å². The molecule has 0 spiro atoms. The predicted molar refractivity (Wildman–Crippen MR) is 119 cm³/mol. The van der Waals surface area contributed by atoms with Crippen molar-refractivity contribution < 1.29 is 14.9 Å². The predicted octanol–water partition coefficient (Wildman–Crippen LogP) is 5.51. The van der Waals surface area contributed by atoms with Crippen LogP contribution in [0.25, 0.3) is 0 Å². The first-order chi connectivity index (χ1) is 13.1. The van der Waals surface area contributed by atoms with Crippen LogP contribution in [-0.4, -0.2) is 28.0 Å². The summed E-state index contributed by atoms with van der Waals surface area (Å²) < 4.78 is 5.96.